The van der Waals surface area contributed by atoms with E-state index < -0.39 is 0 Å². The number of aromatic nitrogens is 2. The van der Waals surface area contributed by atoms with Crippen molar-refractivity contribution in [2.24, 2.45) is 4.99 Å². The van der Waals surface area contributed by atoms with Gasteiger partial charge in [0.2, 0.25) is 0 Å². The highest BCUT2D eigenvalue weighted by molar-refractivity contribution is 5.77. The molecule has 0 saturated carbocycles. The third-order valence-electron chi connectivity index (χ3n) is 1.69. The van der Waals surface area contributed by atoms with Crippen molar-refractivity contribution in [3.05, 3.63) is 5.82 Å². The van der Waals surface area contributed by atoms with Gasteiger partial charge in [-0.2, -0.15) is 0 Å². The minimum Gasteiger partial charge on any atom is -0.382 e. The van der Waals surface area contributed by atoms with E-state index in [0.29, 0.717) is 17.3 Å². The minimum atomic E-state index is 0.416. The van der Waals surface area contributed by atoms with Crippen molar-refractivity contribution in [1.29, 1.82) is 0 Å². The molecule has 1 aromatic heterocycles. The molecule has 1 heterocycles. The van der Waals surface area contributed by atoms with Crippen molar-refractivity contribution in [2.75, 3.05) is 24.7 Å². The summed E-state index contributed by atoms with van der Waals surface area (Å²) in [5, 5.41) is 0. The molecule has 5 heteroatoms. The number of nitrogens with zero attached hydrogens (tertiary/aromatic N) is 4. The molecule has 1 rings (SSSR count). The van der Waals surface area contributed by atoms with Gasteiger partial charge < -0.3 is 10.6 Å². The molecule has 0 amide bonds. The Hall–Kier alpha value is -1.65. The van der Waals surface area contributed by atoms with Crippen LogP contribution in [0.2, 0.25) is 0 Å². The van der Waals surface area contributed by atoms with Gasteiger partial charge in [0.1, 0.15) is 11.5 Å². The second-order valence-electron chi connectivity index (χ2n) is 3.11. The summed E-state index contributed by atoms with van der Waals surface area (Å²) in [6, 6.07) is 0. The molecule has 2 N–H and O–H groups in total. The van der Waals surface area contributed by atoms with E-state index in [1.54, 1.807) is 6.21 Å². The van der Waals surface area contributed by atoms with Crippen LogP contribution in [0, 0.1) is 6.92 Å². The maximum Gasteiger partial charge on any atom is 0.160 e. The molecule has 14 heavy (non-hydrogen) atoms. The fraction of sp³-hybridized carbons (Fsp3) is 0.444. The third kappa shape index (κ3) is 1.99. The number of hydrogen-bond donors (Lipinski definition) is 1. The maximum atomic E-state index is 5.75. The molecule has 0 unspecified atom stereocenters. The number of aliphatic imine (C=N–C) groups is 1. The molecule has 0 atom stereocenters. The van der Waals surface area contributed by atoms with Crippen LogP contribution in [0.5, 0.6) is 0 Å². The van der Waals surface area contributed by atoms with Crippen LogP contribution in [-0.2, 0) is 0 Å². The van der Waals surface area contributed by atoms with Crippen molar-refractivity contribution in [3.8, 4) is 0 Å². The molecule has 0 aliphatic carbocycles. The summed E-state index contributed by atoms with van der Waals surface area (Å²) in [5.74, 6) is 1.81. The first-order valence-corrected chi connectivity index (χ1v) is 4.36. The summed E-state index contributed by atoms with van der Waals surface area (Å²) in [6.45, 7) is 3.64. The van der Waals surface area contributed by atoms with E-state index in [2.05, 4.69) is 15.0 Å². The van der Waals surface area contributed by atoms with Gasteiger partial charge in [0.15, 0.2) is 11.6 Å². The lowest BCUT2D eigenvalue weighted by Gasteiger charge is -2.15. The fourth-order valence-electron chi connectivity index (χ4n) is 1.14. The van der Waals surface area contributed by atoms with E-state index in [0.717, 1.165) is 5.82 Å². The summed E-state index contributed by atoms with van der Waals surface area (Å²) < 4.78 is 0. The van der Waals surface area contributed by atoms with Crippen molar-refractivity contribution < 1.29 is 0 Å². The molecule has 0 aliphatic rings. The van der Waals surface area contributed by atoms with Crippen molar-refractivity contribution in [2.45, 2.75) is 13.8 Å². The average Bonchev–Trinajstić information content (AvgIpc) is 2.09. The summed E-state index contributed by atoms with van der Waals surface area (Å²) in [5.41, 5.74) is 6.38. The van der Waals surface area contributed by atoms with E-state index >= 15 is 0 Å². The first-order valence-electron chi connectivity index (χ1n) is 4.36. The summed E-state index contributed by atoms with van der Waals surface area (Å²) in [6.07, 6.45) is 1.68. The highest BCUT2D eigenvalue weighted by atomic mass is 15.2. The van der Waals surface area contributed by atoms with Crippen molar-refractivity contribution in [1.82, 2.24) is 9.97 Å². The molecule has 0 aliphatic heterocycles. The highest BCUT2D eigenvalue weighted by Gasteiger charge is 2.10. The van der Waals surface area contributed by atoms with E-state index in [1.165, 1.54) is 0 Å². The standard InChI is InChI=1S/C9H15N5/c1-5-11-7-8(10)12-6(2)13-9(7)14(3)4/h5H,1-4H3,(H2,10,12,13). The van der Waals surface area contributed by atoms with Crippen LogP contribution in [0.25, 0.3) is 0 Å². The summed E-state index contributed by atoms with van der Waals surface area (Å²) in [4.78, 5) is 14.4. The quantitative estimate of drug-likeness (QED) is 0.715. The van der Waals surface area contributed by atoms with Crippen LogP contribution in [-0.4, -0.2) is 30.3 Å². The number of nitrogens with two attached hydrogens (primary N) is 1. The Morgan fingerprint density at radius 1 is 1.36 bits per heavy atom. The first kappa shape index (κ1) is 10.4. The monoisotopic (exact) mass is 193 g/mol. The molecule has 0 spiro atoms. The largest absolute Gasteiger partial charge is 0.382 e. The number of nitrogen functional groups attached to an aromatic ring is 1. The second-order valence-corrected chi connectivity index (χ2v) is 3.11. The van der Waals surface area contributed by atoms with Gasteiger partial charge in [-0.3, -0.25) is 4.99 Å². The average molecular weight is 193 g/mol. The van der Waals surface area contributed by atoms with Crippen molar-refractivity contribution in [3.63, 3.8) is 0 Å². The Kier molecular flexibility index (Phi) is 3.01. The number of anilines is 2. The van der Waals surface area contributed by atoms with Gasteiger partial charge >= 0.3 is 0 Å². The van der Waals surface area contributed by atoms with Crippen LogP contribution in [0.15, 0.2) is 4.99 Å². The predicted molar refractivity (Wildman–Crippen MR) is 59.3 cm³/mol. The number of rotatable bonds is 2. The van der Waals surface area contributed by atoms with Gasteiger partial charge in [-0.15, -0.1) is 0 Å². The van der Waals surface area contributed by atoms with E-state index in [1.807, 2.05) is 32.8 Å². The normalized spacial score (nSPS) is 10.9. The Balaban J connectivity index is 3.36. The van der Waals surface area contributed by atoms with E-state index in [9.17, 15) is 0 Å². The lowest BCUT2D eigenvalue weighted by molar-refractivity contribution is 0.992. The molecule has 0 radical (unpaired) electrons. The summed E-state index contributed by atoms with van der Waals surface area (Å²) >= 11 is 0. The Morgan fingerprint density at radius 3 is 2.50 bits per heavy atom. The molecule has 76 valence electrons. The van der Waals surface area contributed by atoms with Crippen molar-refractivity contribution >= 4 is 23.5 Å². The van der Waals surface area contributed by atoms with Crippen LogP contribution >= 0.6 is 0 Å². The zero-order chi connectivity index (χ0) is 10.7. The van der Waals surface area contributed by atoms with Gasteiger partial charge in [-0.1, -0.05) is 0 Å². The highest BCUT2D eigenvalue weighted by Crippen LogP contribution is 2.29. The Bertz CT molecular complexity index is 356. The van der Waals surface area contributed by atoms with Crippen LogP contribution in [0.3, 0.4) is 0 Å². The molecule has 0 saturated heterocycles. The maximum absolute atomic E-state index is 5.75. The molecule has 0 fully saturated rings. The lowest BCUT2D eigenvalue weighted by atomic mass is 10.4. The first-order chi connectivity index (χ1) is 6.56. The SMILES string of the molecule is CC=Nc1c(N)nc(C)nc1N(C)C. The molecule has 0 aromatic carbocycles. The smallest absolute Gasteiger partial charge is 0.160 e. The van der Waals surface area contributed by atoms with E-state index in [-0.39, 0.29) is 0 Å². The minimum absolute atomic E-state index is 0.416. The topological polar surface area (TPSA) is 67.4 Å². The predicted octanol–water partition coefficient (Wildman–Crippen LogP) is 1.16. The fourth-order valence-corrected chi connectivity index (χ4v) is 1.14. The van der Waals surface area contributed by atoms with Crippen LogP contribution < -0.4 is 10.6 Å². The molecular formula is C9H15N5. The van der Waals surface area contributed by atoms with Gasteiger partial charge in [-0.25, -0.2) is 9.97 Å². The second kappa shape index (κ2) is 4.04. The van der Waals surface area contributed by atoms with Crippen LogP contribution in [0.4, 0.5) is 17.3 Å². The van der Waals surface area contributed by atoms with Crippen LogP contribution in [0.1, 0.15) is 12.7 Å². The summed E-state index contributed by atoms with van der Waals surface area (Å²) in [7, 11) is 3.80. The lowest BCUT2D eigenvalue weighted by Crippen LogP contribution is -2.13. The molecule has 1 aromatic rings. The number of hydrogen-bond acceptors (Lipinski definition) is 5. The third-order valence-corrected chi connectivity index (χ3v) is 1.69. The van der Waals surface area contributed by atoms with Gasteiger partial charge in [0, 0.05) is 20.3 Å². The zero-order valence-corrected chi connectivity index (χ0v) is 8.94. The Labute approximate surface area is 83.7 Å². The molecular weight excluding hydrogens is 178 g/mol. The zero-order valence-electron chi connectivity index (χ0n) is 8.94. The molecule has 0 bridgehead atoms. The van der Waals surface area contributed by atoms with E-state index in [4.69, 9.17) is 5.73 Å². The number of aryl methyl sites for hydroxylation is 1. The molecule has 5 nitrogen and oxygen atoms in total. The van der Waals surface area contributed by atoms with Gasteiger partial charge in [0.25, 0.3) is 0 Å². The van der Waals surface area contributed by atoms with Gasteiger partial charge in [-0.05, 0) is 13.8 Å². The Morgan fingerprint density at radius 2 is 2.00 bits per heavy atom. The van der Waals surface area contributed by atoms with Gasteiger partial charge in [0.05, 0.1) is 0 Å².